The standard InChI is InChI=1S/C14H21NO2/c1-2-14(12-7-8-17-10-12)15-9-11-3-5-13(16)6-4-11/h3-6,12,14-16H,2,7-10H2,1H3. The second kappa shape index (κ2) is 6.03. The van der Waals surface area contributed by atoms with Crippen molar-refractivity contribution < 1.29 is 9.84 Å². The molecule has 2 atom stereocenters. The lowest BCUT2D eigenvalue weighted by atomic mass is 9.96. The van der Waals surface area contributed by atoms with Crippen LogP contribution in [0.4, 0.5) is 0 Å². The van der Waals surface area contributed by atoms with Gasteiger partial charge in [-0.2, -0.15) is 0 Å². The molecule has 3 nitrogen and oxygen atoms in total. The highest BCUT2D eigenvalue weighted by molar-refractivity contribution is 5.25. The molecule has 0 spiro atoms. The Hall–Kier alpha value is -1.06. The van der Waals surface area contributed by atoms with E-state index in [0.29, 0.717) is 17.7 Å². The quantitative estimate of drug-likeness (QED) is 0.823. The third-order valence-electron chi connectivity index (χ3n) is 3.48. The molecular weight excluding hydrogens is 214 g/mol. The zero-order valence-electron chi connectivity index (χ0n) is 10.4. The van der Waals surface area contributed by atoms with Crippen LogP contribution in [0.1, 0.15) is 25.3 Å². The number of ether oxygens (including phenoxy) is 1. The molecule has 1 aliphatic rings. The molecule has 3 heteroatoms. The Balaban J connectivity index is 1.84. The van der Waals surface area contributed by atoms with Gasteiger partial charge in [0.2, 0.25) is 0 Å². The maximum absolute atomic E-state index is 9.22. The Labute approximate surface area is 103 Å². The highest BCUT2D eigenvalue weighted by Crippen LogP contribution is 2.19. The van der Waals surface area contributed by atoms with E-state index in [4.69, 9.17) is 4.74 Å². The summed E-state index contributed by atoms with van der Waals surface area (Å²) in [7, 11) is 0. The minimum Gasteiger partial charge on any atom is -0.508 e. The Kier molecular flexibility index (Phi) is 4.40. The first-order chi connectivity index (χ1) is 8.29. The van der Waals surface area contributed by atoms with Crippen LogP contribution in [0.15, 0.2) is 24.3 Å². The SMILES string of the molecule is CCC(NCc1ccc(O)cc1)C1CCOC1. The zero-order valence-corrected chi connectivity index (χ0v) is 10.4. The predicted molar refractivity (Wildman–Crippen MR) is 68.0 cm³/mol. The van der Waals surface area contributed by atoms with E-state index in [1.165, 1.54) is 12.0 Å². The van der Waals surface area contributed by atoms with Crippen LogP contribution in [0.25, 0.3) is 0 Å². The van der Waals surface area contributed by atoms with Gasteiger partial charge in [-0.3, -0.25) is 0 Å². The van der Waals surface area contributed by atoms with Gasteiger partial charge in [0, 0.05) is 19.2 Å². The molecule has 1 saturated heterocycles. The van der Waals surface area contributed by atoms with E-state index in [-0.39, 0.29) is 0 Å². The van der Waals surface area contributed by atoms with Gasteiger partial charge in [-0.25, -0.2) is 0 Å². The fourth-order valence-electron chi connectivity index (χ4n) is 2.38. The molecule has 0 saturated carbocycles. The third kappa shape index (κ3) is 3.45. The van der Waals surface area contributed by atoms with Gasteiger partial charge in [0.05, 0.1) is 6.61 Å². The lowest BCUT2D eigenvalue weighted by molar-refractivity contribution is 0.175. The van der Waals surface area contributed by atoms with Crippen molar-refractivity contribution in [2.45, 2.75) is 32.4 Å². The fraction of sp³-hybridized carbons (Fsp3) is 0.571. The van der Waals surface area contributed by atoms with E-state index in [0.717, 1.165) is 26.2 Å². The first kappa shape index (κ1) is 12.4. The zero-order chi connectivity index (χ0) is 12.1. The number of hydrogen-bond acceptors (Lipinski definition) is 3. The van der Waals surface area contributed by atoms with Gasteiger partial charge in [0.25, 0.3) is 0 Å². The van der Waals surface area contributed by atoms with E-state index in [2.05, 4.69) is 12.2 Å². The van der Waals surface area contributed by atoms with E-state index < -0.39 is 0 Å². The van der Waals surface area contributed by atoms with Crippen LogP contribution in [0.2, 0.25) is 0 Å². The molecule has 0 amide bonds. The van der Waals surface area contributed by atoms with Crippen molar-refractivity contribution in [1.82, 2.24) is 5.32 Å². The minimum atomic E-state index is 0.324. The Morgan fingerprint density at radius 3 is 2.76 bits per heavy atom. The summed E-state index contributed by atoms with van der Waals surface area (Å²) in [5.74, 6) is 0.974. The van der Waals surface area contributed by atoms with Crippen molar-refractivity contribution in [3.05, 3.63) is 29.8 Å². The number of phenols is 1. The van der Waals surface area contributed by atoms with E-state index in [1.807, 2.05) is 12.1 Å². The van der Waals surface area contributed by atoms with Crippen LogP contribution in [-0.4, -0.2) is 24.4 Å². The first-order valence-electron chi connectivity index (χ1n) is 6.38. The Morgan fingerprint density at radius 1 is 1.41 bits per heavy atom. The van der Waals surface area contributed by atoms with Crippen LogP contribution in [0.5, 0.6) is 5.75 Å². The number of rotatable bonds is 5. The van der Waals surface area contributed by atoms with Gasteiger partial charge in [-0.05, 0) is 36.5 Å². The number of aromatic hydroxyl groups is 1. The van der Waals surface area contributed by atoms with Crippen LogP contribution >= 0.6 is 0 Å². The second-order valence-corrected chi connectivity index (χ2v) is 4.69. The highest BCUT2D eigenvalue weighted by Gasteiger charge is 2.23. The molecule has 2 rings (SSSR count). The molecule has 1 aliphatic heterocycles. The average molecular weight is 235 g/mol. The van der Waals surface area contributed by atoms with E-state index in [1.54, 1.807) is 12.1 Å². The summed E-state index contributed by atoms with van der Waals surface area (Å²) in [5.41, 5.74) is 1.21. The number of hydrogen-bond donors (Lipinski definition) is 2. The molecule has 0 aromatic heterocycles. The summed E-state index contributed by atoms with van der Waals surface area (Å²) < 4.78 is 5.43. The van der Waals surface area contributed by atoms with Crippen molar-refractivity contribution in [2.24, 2.45) is 5.92 Å². The molecule has 0 aliphatic carbocycles. The van der Waals surface area contributed by atoms with Crippen molar-refractivity contribution in [1.29, 1.82) is 0 Å². The van der Waals surface area contributed by atoms with Crippen molar-refractivity contribution in [2.75, 3.05) is 13.2 Å². The molecule has 17 heavy (non-hydrogen) atoms. The summed E-state index contributed by atoms with van der Waals surface area (Å²) in [6.07, 6.45) is 2.30. The monoisotopic (exact) mass is 235 g/mol. The maximum Gasteiger partial charge on any atom is 0.115 e. The molecule has 1 fully saturated rings. The summed E-state index contributed by atoms with van der Waals surface area (Å²) >= 11 is 0. The molecule has 2 N–H and O–H groups in total. The predicted octanol–water partition coefficient (Wildman–Crippen LogP) is 2.30. The van der Waals surface area contributed by atoms with Gasteiger partial charge >= 0.3 is 0 Å². The van der Waals surface area contributed by atoms with Crippen molar-refractivity contribution in [3.8, 4) is 5.75 Å². The summed E-state index contributed by atoms with van der Waals surface area (Å²) in [4.78, 5) is 0. The van der Waals surface area contributed by atoms with Gasteiger partial charge in [0.15, 0.2) is 0 Å². The van der Waals surface area contributed by atoms with Crippen LogP contribution < -0.4 is 5.32 Å². The van der Waals surface area contributed by atoms with Crippen LogP contribution in [0.3, 0.4) is 0 Å². The van der Waals surface area contributed by atoms with E-state index >= 15 is 0 Å². The number of nitrogens with one attached hydrogen (secondary N) is 1. The summed E-state index contributed by atoms with van der Waals surface area (Å²) in [6.45, 7) is 4.87. The number of benzene rings is 1. The maximum atomic E-state index is 9.22. The molecule has 1 aromatic carbocycles. The summed E-state index contributed by atoms with van der Waals surface area (Å²) in [5, 5.41) is 12.8. The molecule has 94 valence electrons. The molecule has 1 heterocycles. The first-order valence-corrected chi connectivity index (χ1v) is 6.38. The van der Waals surface area contributed by atoms with Crippen molar-refractivity contribution >= 4 is 0 Å². The summed E-state index contributed by atoms with van der Waals surface area (Å²) in [6, 6.07) is 7.92. The average Bonchev–Trinajstić information content (AvgIpc) is 2.86. The van der Waals surface area contributed by atoms with Gasteiger partial charge in [-0.1, -0.05) is 19.1 Å². The third-order valence-corrected chi connectivity index (χ3v) is 3.48. The van der Waals surface area contributed by atoms with E-state index in [9.17, 15) is 5.11 Å². The lowest BCUT2D eigenvalue weighted by Crippen LogP contribution is -2.35. The van der Waals surface area contributed by atoms with Crippen LogP contribution in [-0.2, 0) is 11.3 Å². The lowest BCUT2D eigenvalue weighted by Gasteiger charge is -2.22. The molecule has 0 bridgehead atoms. The van der Waals surface area contributed by atoms with Gasteiger partial charge in [0.1, 0.15) is 5.75 Å². The highest BCUT2D eigenvalue weighted by atomic mass is 16.5. The molecule has 2 unspecified atom stereocenters. The van der Waals surface area contributed by atoms with Gasteiger partial charge < -0.3 is 15.2 Å². The fourth-order valence-corrected chi connectivity index (χ4v) is 2.38. The van der Waals surface area contributed by atoms with Crippen LogP contribution in [0, 0.1) is 5.92 Å². The molecule has 1 aromatic rings. The Bertz CT molecular complexity index is 331. The normalized spacial score (nSPS) is 21.6. The Morgan fingerprint density at radius 2 is 2.18 bits per heavy atom. The topological polar surface area (TPSA) is 41.5 Å². The molecule has 0 radical (unpaired) electrons. The smallest absolute Gasteiger partial charge is 0.115 e. The number of phenolic OH excluding ortho intramolecular Hbond substituents is 1. The largest absolute Gasteiger partial charge is 0.508 e. The minimum absolute atomic E-state index is 0.324. The van der Waals surface area contributed by atoms with Gasteiger partial charge in [-0.15, -0.1) is 0 Å². The van der Waals surface area contributed by atoms with Crippen molar-refractivity contribution in [3.63, 3.8) is 0 Å². The second-order valence-electron chi connectivity index (χ2n) is 4.69. The molecular formula is C14H21NO2.